The Morgan fingerprint density at radius 2 is 2.14 bits per heavy atom. The molecule has 0 aromatic heterocycles. The number of piperidine rings is 1. The summed E-state index contributed by atoms with van der Waals surface area (Å²) < 4.78 is 5.53. The summed E-state index contributed by atoms with van der Waals surface area (Å²) in [6, 6.07) is 0.359. The van der Waals surface area contributed by atoms with Gasteiger partial charge in [-0.15, -0.1) is 0 Å². The number of hydrogen-bond donors (Lipinski definition) is 1. The Morgan fingerprint density at radius 3 is 2.71 bits per heavy atom. The van der Waals surface area contributed by atoms with Crippen molar-refractivity contribution in [3.05, 3.63) is 0 Å². The predicted molar refractivity (Wildman–Crippen MR) is 59.3 cm³/mol. The minimum atomic E-state index is 0.339. The molecule has 2 N–H and O–H groups in total. The van der Waals surface area contributed by atoms with Crippen LogP contribution in [0.25, 0.3) is 0 Å². The van der Waals surface area contributed by atoms with Gasteiger partial charge in [0.1, 0.15) is 0 Å². The predicted octanol–water partition coefficient (Wildman–Crippen LogP) is 1.08. The molecule has 3 nitrogen and oxygen atoms in total. The van der Waals surface area contributed by atoms with Gasteiger partial charge >= 0.3 is 0 Å². The van der Waals surface area contributed by atoms with Crippen LogP contribution in [-0.4, -0.2) is 43.3 Å². The largest absolute Gasteiger partial charge is 0.377 e. The van der Waals surface area contributed by atoms with Gasteiger partial charge in [-0.1, -0.05) is 6.92 Å². The first-order valence-corrected chi connectivity index (χ1v) is 5.67. The van der Waals surface area contributed by atoms with Crippen LogP contribution >= 0.6 is 0 Å². The lowest BCUT2D eigenvalue weighted by atomic mass is 9.97. The molecule has 1 fully saturated rings. The summed E-state index contributed by atoms with van der Waals surface area (Å²) >= 11 is 0. The molecular formula is C11H24N2O. The quantitative estimate of drug-likeness (QED) is 0.738. The van der Waals surface area contributed by atoms with Gasteiger partial charge in [0.15, 0.2) is 0 Å². The molecule has 0 saturated carbocycles. The summed E-state index contributed by atoms with van der Waals surface area (Å²) in [4.78, 5) is 2.42. The topological polar surface area (TPSA) is 38.5 Å². The average Bonchev–Trinajstić information content (AvgIpc) is 2.01. The number of nitrogens with zero attached hydrogens (tertiary/aromatic N) is 1. The molecule has 0 radical (unpaired) electrons. The first-order chi connectivity index (χ1) is 6.58. The highest BCUT2D eigenvalue weighted by Crippen LogP contribution is 2.14. The SMILES string of the molecule is CC1CC(N)CN(CCOC(C)C)C1. The molecule has 0 amide bonds. The molecule has 84 valence electrons. The molecule has 0 aromatic carbocycles. The molecule has 14 heavy (non-hydrogen) atoms. The van der Waals surface area contributed by atoms with Crippen molar-refractivity contribution in [2.45, 2.75) is 39.3 Å². The fourth-order valence-corrected chi connectivity index (χ4v) is 2.11. The van der Waals surface area contributed by atoms with E-state index < -0.39 is 0 Å². The number of likely N-dealkylation sites (tertiary alicyclic amines) is 1. The molecule has 1 aliphatic heterocycles. The van der Waals surface area contributed by atoms with Crippen LogP contribution in [0.2, 0.25) is 0 Å². The van der Waals surface area contributed by atoms with Crippen LogP contribution in [0.3, 0.4) is 0 Å². The molecule has 0 aliphatic carbocycles. The second kappa shape index (κ2) is 5.69. The van der Waals surface area contributed by atoms with Gasteiger partial charge in [-0.05, 0) is 26.2 Å². The zero-order valence-electron chi connectivity index (χ0n) is 9.70. The molecule has 1 aliphatic rings. The third kappa shape index (κ3) is 4.40. The van der Waals surface area contributed by atoms with E-state index in [0.29, 0.717) is 12.1 Å². The van der Waals surface area contributed by atoms with Gasteiger partial charge in [0.2, 0.25) is 0 Å². The molecule has 2 atom stereocenters. The van der Waals surface area contributed by atoms with Crippen molar-refractivity contribution in [2.75, 3.05) is 26.2 Å². The van der Waals surface area contributed by atoms with E-state index in [2.05, 4.69) is 25.7 Å². The summed E-state index contributed by atoms with van der Waals surface area (Å²) in [6.45, 7) is 10.5. The molecule has 0 aromatic rings. The van der Waals surface area contributed by atoms with E-state index in [1.807, 2.05) is 0 Å². The Morgan fingerprint density at radius 1 is 1.43 bits per heavy atom. The zero-order valence-corrected chi connectivity index (χ0v) is 9.70. The van der Waals surface area contributed by atoms with Crippen molar-refractivity contribution < 1.29 is 4.74 Å². The minimum absolute atomic E-state index is 0.339. The summed E-state index contributed by atoms with van der Waals surface area (Å²) in [7, 11) is 0. The van der Waals surface area contributed by atoms with Crippen LogP contribution in [0.4, 0.5) is 0 Å². The number of rotatable bonds is 4. The lowest BCUT2D eigenvalue weighted by Gasteiger charge is -2.34. The third-order valence-electron chi connectivity index (χ3n) is 2.63. The van der Waals surface area contributed by atoms with Crippen molar-refractivity contribution in [3.8, 4) is 0 Å². The Kier molecular flexibility index (Phi) is 4.85. The van der Waals surface area contributed by atoms with Gasteiger partial charge in [-0.3, -0.25) is 4.90 Å². The molecule has 1 rings (SSSR count). The number of nitrogens with two attached hydrogens (primary N) is 1. The van der Waals surface area contributed by atoms with Gasteiger partial charge in [0.25, 0.3) is 0 Å². The maximum atomic E-state index is 5.96. The minimum Gasteiger partial charge on any atom is -0.377 e. The second-order valence-electron chi connectivity index (χ2n) is 4.78. The van der Waals surface area contributed by atoms with Crippen molar-refractivity contribution >= 4 is 0 Å². The lowest BCUT2D eigenvalue weighted by molar-refractivity contribution is 0.0473. The fraction of sp³-hybridized carbons (Fsp3) is 1.00. The standard InChI is InChI=1S/C11H24N2O/c1-9(2)14-5-4-13-7-10(3)6-11(12)8-13/h9-11H,4-8,12H2,1-3H3. The fourth-order valence-electron chi connectivity index (χ4n) is 2.11. The number of ether oxygens (including phenoxy) is 1. The summed E-state index contributed by atoms with van der Waals surface area (Å²) in [5.41, 5.74) is 5.96. The van der Waals surface area contributed by atoms with E-state index in [4.69, 9.17) is 10.5 Å². The van der Waals surface area contributed by atoms with E-state index in [1.165, 1.54) is 13.0 Å². The smallest absolute Gasteiger partial charge is 0.0596 e. The van der Waals surface area contributed by atoms with E-state index in [1.54, 1.807) is 0 Å². The van der Waals surface area contributed by atoms with Crippen molar-refractivity contribution in [2.24, 2.45) is 11.7 Å². The van der Waals surface area contributed by atoms with Crippen LogP contribution in [-0.2, 0) is 4.74 Å². The van der Waals surface area contributed by atoms with Gasteiger partial charge in [-0.25, -0.2) is 0 Å². The highest BCUT2D eigenvalue weighted by atomic mass is 16.5. The van der Waals surface area contributed by atoms with Crippen LogP contribution < -0.4 is 5.73 Å². The molecule has 2 unspecified atom stereocenters. The maximum absolute atomic E-state index is 5.96. The van der Waals surface area contributed by atoms with Gasteiger partial charge < -0.3 is 10.5 Å². The van der Waals surface area contributed by atoms with Crippen LogP contribution in [0.15, 0.2) is 0 Å². The van der Waals surface area contributed by atoms with Gasteiger partial charge in [0.05, 0.1) is 12.7 Å². The molecule has 1 heterocycles. The zero-order chi connectivity index (χ0) is 10.6. The van der Waals surface area contributed by atoms with Crippen molar-refractivity contribution in [1.29, 1.82) is 0 Å². The Hall–Kier alpha value is -0.120. The lowest BCUT2D eigenvalue weighted by Crippen LogP contribution is -2.47. The highest BCUT2D eigenvalue weighted by Gasteiger charge is 2.21. The molecule has 1 saturated heterocycles. The Balaban J connectivity index is 2.17. The number of hydrogen-bond acceptors (Lipinski definition) is 3. The van der Waals surface area contributed by atoms with Crippen molar-refractivity contribution in [3.63, 3.8) is 0 Å². The monoisotopic (exact) mass is 200 g/mol. The first-order valence-electron chi connectivity index (χ1n) is 5.67. The van der Waals surface area contributed by atoms with Crippen LogP contribution in [0, 0.1) is 5.92 Å². The normalized spacial score (nSPS) is 29.8. The van der Waals surface area contributed by atoms with Crippen molar-refractivity contribution in [1.82, 2.24) is 4.90 Å². The highest BCUT2D eigenvalue weighted by molar-refractivity contribution is 4.78. The van der Waals surface area contributed by atoms with Gasteiger partial charge in [0, 0.05) is 25.7 Å². The summed E-state index contributed by atoms with van der Waals surface area (Å²) in [5, 5.41) is 0. The van der Waals surface area contributed by atoms with Crippen LogP contribution in [0.5, 0.6) is 0 Å². The average molecular weight is 200 g/mol. The van der Waals surface area contributed by atoms with Gasteiger partial charge in [-0.2, -0.15) is 0 Å². The first kappa shape index (κ1) is 12.0. The second-order valence-corrected chi connectivity index (χ2v) is 4.78. The summed E-state index contributed by atoms with van der Waals surface area (Å²) in [6.07, 6.45) is 1.51. The van der Waals surface area contributed by atoms with E-state index in [0.717, 1.165) is 25.6 Å². The Bertz CT molecular complexity index is 151. The third-order valence-corrected chi connectivity index (χ3v) is 2.63. The van der Waals surface area contributed by atoms with E-state index >= 15 is 0 Å². The van der Waals surface area contributed by atoms with E-state index in [9.17, 15) is 0 Å². The molecule has 0 spiro atoms. The maximum Gasteiger partial charge on any atom is 0.0596 e. The molecular weight excluding hydrogens is 176 g/mol. The van der Waals surface area contributed by atoms with E-state index in [-0.39, 0.29) is 0 Å². The van der Waals surface area contributed by atoms with Crippen LogP contribution in [0.1, 0.15) is 27.2 Å². The summed E-state index contributed by atoms with van der Waals surface area (Å²) in [5.74, 6) is 0.734. The molecule has 0 bridgehead atoms. The Labute approximate surface area is 87.6 Å². The molecule has 3 heteroatoms.